The van der Waals surface area contributed by atoms with Crippen LogP contribution in [0.25, 0.3) is 11.4 Å². The Morgan fingerprint density at radius 3 is 2.41 bits per heavy atom. The number of nitrogens with zero attached hydrogens (tertiary/aromatic N) is 3. The van der Waals surface area contributed by atoms with Crippen LogP contribution in [0.4, 0.5) is 0 Å². The van der Waals surface area contributed by atoms with Gasteiger partial charge in [-0.15, -0.1) is 0 Å². The number of phenols is 1. The molecular weight excluding hydrogens is 325 g/mol. The molecule has 0 atom stereocenters. The van der Waals surface area contributed by atoms with Gasteiger partial charge in [0.25, 0.3) is 0 Å². The maximum atomic E-state index is 10.1. The van der Waals surface area contributed by atoms with Gasteiger partial charge in [0.15, 0.2) is 5.82 Å². The van der Waals surface area contributed by atoms with Gasteiger partial charge in [0.2, 0.25) is 10.6 Å². The molecule has 2 rings (SSSR count). The van der Waals surface area contributed by atoms with Crippen molar-refractivity contribution in [2.24, 2.45) is 0 Å². The zero-order chi connectivity index (χ0) is 15.9. The zero-order valence-electron chi connectivity index (χ0n) is 12.2. The van der Waals surface area contributed by atoms with Gasteiger partial charge in [-0.3, -0.25) is 0 Å². The first-order valence-corrected chi connectivity index (χ1v) is 7.89. The molecule has 0 fully saturated rings. The molecule has 1 aromatic heterocycles. The average Bonchev–Trinajstić information content (AvgIpc) is 2.46. The molecule has 0 aliphatic carbocycles. The van der Waals surface area contributed by atoms with E-state index in [2.05, 4.69) is 21.9 Å². The first kappa shape index (κ1) is 16.8. The van der Waals surface area contributed by atoms with Crippen molar-refractivity contribution in [1.82, 2.24) is 15.0 Å². The third kappa shape index (κ3) is 4.71. The van der Waals surface area contributed by atoms with Crippen LogP contribution in [-0.2, 0) is 0 Å². The Morgan fingerprint density at radius 1 is 1.05 bits per heavy atom. The number of aromatic hydroxyl groups is 1. The highest BCUT2D eigenvalue weighted by atomic mass is 35.5. The van der Waals surface area contributed by atoms with Crippen LogP contribution in [0.15, 0.2) is 18.2 Å². The number of phenolic OH excluding ortho intramolecular Hbond substituents is 1. The number of unbranched alkanes of at least 4 members (excludes halogenated alkanes) is 3. The van der Waals surface area contributed by atoms with Crippen molar-refractivity contribution < 1.29 is 9.84 Å². The normalized spacial score (nSPS) is 10.7. The highest BCUT2D eigenvalue weighted by Crippen LogP contribution is 2.31. The van der Waals surface area contributed by atoms with E-state index in [1.165, 1.54) is 18.9 Å². The Labute approximate surface area is 139 Å². The van der Waals surface area contributed by atoms with Gasteiger partial charge >= 0.3 is 0 Å². The van der Waals surface area contributed by atoms with Crippen molar-refractivity contribution in [3.05, 3.63) is 28.8 Å². The van der Waals surface area contributed by atoms with E-state index in [9.17, 15) is 5.11 Å². The largest absolute Gasteiger partial charge is 0.507 e. The molecule has 0 saturated heterocycles. The molecule has 2 aromatic rings. The fourth-order valence-corrected chi connectivity index (χ4v) is 2.32. The zero-order valence-corrected chi connectivity index (χ0v) is 13.7. The van der Waals surface area contributed by atoms with Crippen molar-refractivity contribution in [3.8, 4) is 22.9 Å². The van der Waals surface area contributed by atoms with Gasteiger partial charge in [-0.1, -0.05) is 26.2 Å². The number of hydrogen-bond acceptors (Lipinski definition) is 5. The lowest BCUT2D eigenvalue weighted by molar-refractivity contribution is 0.303. The van der Waals surface area contributed by atoms with Crippen LogP contribution in [0.1, 0.15) is 32.6 Å². The van der Waals surface area contributed by atoms with E-state index in [0.29, 0.717) is 17.9 Å². The van der Waals surface area contributed by atoms with Crippen molar-refractivity contribution in [1.29, 1.82) is 0 Å². The molecule has 22 heavy (non-hydrogen) atoms. The minimum atomic E-state index is -0.0225. The summed E-state index contributed by atoms with van der Waals surface area (Å²) in [4.78, 5) is 11.6. The second-order valence-electron chi connectivity index (χ2n) is 4.79. The van der Waals surface area contributed by atoms with Crippen LogP contribution in [-0.4, -0.2) is 26.7 Å². The van der Waals surface area contributed by atoms with E-state index in [0.717, 1.165) is 12.8 Å². The highest BCUT2D eigenvalue weighted by Gasteiger charge is 2.11. The SMILES string of the molecule is CCCCCCOc1ccc(-c2nc(Cl)nc(Cl)n2)c(O)c1. The summed E-state index contributed by atoms with van der Waals surface area (Å²) in [6.45, 7) is 2.79. The van der Waals surface area contributed by atoms with Crippen LogP contribution >= 0.6 is 23.2 Å². The maximum Gasteiger partial charge on any atom is 0.227 e. The quantitative estimate of drug-likeness (QED) is 0.750. The molecule has 0 aliphatic heterocycles. The van der Waals surface area contributed by atoms with E-state index in [4.69, 9.17) is 27.9 Å². The first-order valence-electron chi connectivity index (χ1n) is 7.13. The Bertz CT molecular complexity index is 618. The number of ether oxygens (including phenoxy) is 1. The molecule has 1 N–H and O–H groups in total. The lowest BCUT2D eigenvalue weighted by Crippen LogP contribution is -1.98. The Hall–Kier alpha value is -1.59. The molecule has 0 unspecified atom stereocenters. The molecule has 118 valence electrons. The lowest BCUT2D eigenvalue weighted by atomic mass is 10.2. The van der Waals surface area contributed by atoms with E-state index in [1.54, 1.807) is 12.1 Å². The molecule has 0 aliphatic rings. The topological polar surface area (TPSA) is 68.1 Å². The van der Waals surface area contributed by atoms with Crippen LogP contribution in [0.2, 0.25) is 10.6 Å². The van der Waals surface area contributed by atoms with Gasteiger partial charge in [0.1, 0.15) is 11.5 Å². The summed E-state index contributed by atoms with van der Waals surface area (Å²) in [5.41, 5.74) is 0.421. The van der Waals surface area contributed by atoms with Crippen molar-refractivity contribution in [3.63, 3.8) is 0 Å². The van der Waals surface area contributed by atoms with E-state index in [1.807, 2.05) is 0 Å². The first-order chi connectivity index (χ1) is 10.6. The van der Waals surface area contributed by atoms with Crippen LogP contribution < -0.4 is 4.74 Å². The Balaban J connectivity index is 2.06. The highest BCUT2D eigenvalue weighted by molar-refractivity contribution is 6.31. The van der Waals surface area contributed by atoms with Gasteiger partial charge in [0.05, 0.1) is 12.2 Å². The molecule has 0 saturated carbocycles. The predicted molar refractivity (Wildman–Crippen MR) is 86.6 cm³/mol. The average molecular weight is 342 g/mol. The minimum Gasteiger partial charge on any atom is -0.507 e. The number of aromatic nitrogens is 3. The third-order valence-corrected chi connectivity index (χ3v) is 3.40. The van der Waals surface area contributed by atoms with Crippen LogP contribution in [0, 0.1) is 0 Å². The summed E-state index contributed by atoms with van der Waals surface area (Å²) in [5, 5.41) is 10.1. The summed E-state index contributed by atoms with van der Waals surface area (Å²) in [5.74, 6) is 0.824. The van der Waals surface area contributed by atoms with Gasteiger partial charge in [0, 0.05) is 6.07 Å². The second kappa shape index (κ2) is 8.15. The molecule has 5 nitrogen and oxygen atoms in total. The predicted octanol–water partition coefficient (Wildman–Crippen LogP) is 4.51. The third-order valence-electron chi connectivity index (χ3n) is 3.06. The molecule has 1 aromatic carbocycles. The molecule has 0 spiro atoms. The Kier molecular flexibility index (Phi) is 6.21. The van der Waals surface area contributed by atoms with Gasteiger partial charge in [-0.2, -0.15) is 15.0 Å². The number of hydrogen-bond donors (Lipinski definition) is 1. The summed E-state index contributed by atoms with van der Waals surface area (Å²) in [6.07, 6.45) is 4.53. The molecule has 7 heteroatoms. The fourth-order valence-electron chi connectivity index (χ4n) is 1.96. The summed E-state index contributed by atoms with van der Waals surface area (Å²) < 4.78 is 5.61. The van der Waals surface area contributed by atoms with Gasteiger partial charge in [-0.05, 0) is 41.8 Å². The number of rotatable bonds is 7. The molecule has 0 bridgehead atoms. The lowest BCUT2D eigenvalue weighted by Gasteiger charge is -2.09. The molecule has 1 heterocycles. The smallest absolute Gasteiger partial charge is 0.227 e. The van der Waals surface area contributed by atoms with E-state index >= 15 is 0 Å². The van der Waals surface area contributed by atoms with E-state index in [-0.39, 0.29) is 22.1 Å². The van der Waals surface area contributed by atoms with E-state index < -0.39 is 0 Å². The minimum absolute atomic E-state index is 0.00407. The van der Waals surface area contributed by atoms with Gasteiger partial charge in [-0.25, -0.2) is 0 Å². The van der Waals surface area contributed by atoms with Crippen molar-refractivity contribution >= 4 is 23.2 Å². The molecule has 0 amide bonds. The summed E-state index contributed by atoms with van der Waals surface area (Å²) >= 11 is 11.5. The summed E-state index contributed by atoms with van der Waals surface area (Å²) in [6, 6.07) is 4.94. The number of benzene rings is 1. The van der Waals surface area contributed by atoms with Crippen LogP contribution in [0.3, 0.4) is 0 Å². The van der Waals surface area contributed by atoms with Gasteiger partial charge < -0.3 is 9.84 Å². The monoisotopic (exact) mass is 341 g/mol. The maximum absolute atomic E-state index is 10.1. The molecule has 0 radical (unpaired) electrons. The second-order valence-corrected chi connectivity index (χ2v) is 5.46. The summed E-state index contributed by atoms with van der Waals surface area (Å²) in [7, 11) is 0. The van der Waals surface area contributed by atoms with Crippen LogP contribution in [0.5, 0.6) is 11.5 Å². The Morgan fingerprint density at radius 2 is 1.77 bits per heavy atom. The van der Waals surface area contributed by atoms with Crippen molar-refractivity contribution in [2.45, 2.75) is 32.6 Å². The fraction of sp³-hybridized carbons (Fsp3) is 0.400. The number of halogens is 2. The molecular formula is C15H17Cl2N3O2. The standard InChI is InChI=1S/C15H17Cl2N3O2/c1-2-3-4-5-8-22-10-6-7-11(12(21)9-10)13-18-14(16)20-15(17)19-13/h6-7,9,21H,2-5,8H2,1H3. The van der Waals surface area contributed by atoms with Crippen molar-refractivity contribution in [2.75, 3.05) is 6.61 Å².